The van der Waals surface area contributed by atoms with Crippen LogP contribution in [0.1, 0.15) is 162 Å². The summed E-state index contributed by atoms with van der Waals surface area (Å²) in [5, 5.41) is 22.8. The number of amides is 1. The first kappa shape index (κ1) is 42.8. The highest BCUT2D eigenvalue weighted by molar-refractivity contribution is 5.76. The zero-order valence-electron chi connectivity index (χ0n) is 29.4. The first-order valence-electron chi connectivity index (χ1n) is 18.7. The molecule has 1 amide bonds. The maximum Gasteiger partial charge on any atom is 0.220 e. The summed E-state index contributed by atoms with van der Waals surface area (Å²) in [6.45, 7) is 4.14. The van der Waals surface area contributed by atoms with Crippen LogP contribution in [0, 0.1) is 0 Å². The summed E-state index contributed by atoms with van der Waals surface area (Å²) in [5.74, 6) is -0.0880. The molecule has 4 heteroatoms. The van der Waals surface area contributed by atoms with Crippen molar-refractivity contribution in [3.63, 3.8) is 0 Å². The van der Waals surface area contributed by atoms with Crippen molar-refractivity contribution in [1.82, 2.24) is 5.32 Å². The van der Waals surface area contributed by atoms with Crippen LogP contribution in [0.25, 0.3) is 0 Å². The molecular weight excluding hydrogens is 554 g/mol. The fourth-order valence-electron chi connectivity index (χ4n) is 5.06. The van der Waals surface area contributed by atoms with Gasteiger partial charge in [-0.15, -0.1) is 0 Å². The number of rotatable bonds is 32. The van der Waals surface area contributed by atoms with Gasteiger partial charge in [0.1, 0.15) is 0 Å². The average Bonchev–Trinajstić information content (AvgIpc) is 3.04. The number of hydrogen-bond acceptors (Lipinski definition) is 3. The van der Waals surface area contributed by atoms with Gasteiger partial charge in [-0.3, -0.25) is 4.79 Å². The number of carbonyl (C=O) groups excluding carboxylic acids is 1. The Bertz CT molecular complexity index is 808. The quantitative estimate of drug-likeness (QED) is 0.0514. The summed E-state index contributed by atoms with van der Waals surface area (Å²) in [7, 11) is 0. The van der Waals surface area contributed by atoms with Crippen LogP contribution in [0.2, 0.25) is 0 Å². The highest BCUT2D eigenvalue weighted by Gasteiger charge is 2.17. The zero-order valence-corrected chi connectivity index (χ0v) is 29.4. The molecule has 0 saturated heterocycles. The number of carbonyl (C=O) groups is 1. The number of aliphatic hydroxyl groups is 2. The van der Waals surface area contributed by atoms with Crippen LogP contribution in [0.15, 0.2) is 72.9 Å². The van der Waals surface area contributed by atoms with Gasteiger partial charge in [0.05, 0.1) is 18.8 Å². The summed E-state index contributed by atoms with van der Waals surface area (Å²) < 4.78 is 0. The van der Waals surface area contributed by atoms with Crippen molar-refractivity contribution >= 4 is 5.91 Å². The summed E-state index contributed by atoms with van der Waals surface area (Å²) in [5.41, 5.74) is 0. The van der Waals surface area contributed by atoms with Crippen molar-refractivity contribution in [1.29, 1.82) is 0 Å². The van der Waals surface area contributed by atoms with Gasteiger partial charge in [0.25, 0.3) is 0 Å². The van der Waals surface area contributed by atoms with Gasteiger partial charge in [0.15, 0.2) is 0 Å². The molecule has 0 fully saturated rings. The molecule has 2 unspecified atom stereocenters. The second-order valence-corrected chi connectivity index (χ2v) is 12.2. The Kier molecular flexibility index (Phi) is 34.5. The molecule has 0 aromatic rings. The van der Waals surface area contributed by atoms with Crippen LogP contribution in [0.3, 0.4) is 0 Å². The highest BCUT2D eigenvalue weighted by atomic mass is 16.3. The first-order valence-corrected chi connectivity index (χ1v) is 18.7. The van der Waals surface area contributed by atoms with E-state index in [1.165, 1.54) is 77.0 Å². The summed E-state index contributed by atoms with van der Waals surface area (Å²) >= 11 is 0. The Morgan fingerprint density at radius 1 is 0.556 bits per heavy atom. The van der Waals surface area contributed by atoms with Gasteiger partial charge in [0.2, 0.25) is 5.91 Å². The van der Waals surface area contributed by atoms with Crippen molar-refractivity contribution in [3.05, 3.63) is 72.9 Å². The minimum atomic E-state index is -0.867. The molecule has 0 aromatic carbocycles. The van der Waals surface area contributed by atoms with E-state index in [1.807, 2.05) is 6.08 Å². The third-order valence-corrected chi connectivity index (χ3v) is 7.92. The van der Waals surface area contributed by atoms with Gasteiger partial charge in [-0.1, -0.05) is 157 Å². The summed E-state index contributed by atoms with van der Waals surface area (Å²) in [6.07, 6.45) is 51.3. The molecule has 4 nitrogen and oxygen atoms in total. The van der Waals surface area contributed by atoms with Crippen molar-refractivity contribution < 1.29 is 15.0 Å². The topological polar surface area (TPSA) is 69.6 Å². The molecule has 0 aliphatic heterocycles. The monoisotopic (exact) mass is 626 g/mol. The van der Waals surface area contributed by atoms with E-state index >= 15 is 0 Å². The Balaban J connectivity index is 3.69. The minimum absolute atomic E-state index is 0.0880. The van der Waals surface area contributed by atoms with Gasteiger partial charge in [-0.2, -0.15) is 0 Å². The maximum absolute atomic E-state index is 12.3. The number of unbranched alkanes of at least 4 members (excludes halogenated alkanes) is 15. The molecule has 0 radical (unpaired) electrons. The normalized spacial score (nSPS) is 14.0. The molecule has 3 N–H and O–H groups in total. The van der Waals surface area contributed by atoms with E-state index in [2.05, 4.69) is 79.9 Å². The van der Waals surface area contributed by atoms with Gasteiger partial charge < -0.3 is 15.5 Å². The Morgan fingerprint density at radius 2 is 1.00 bits per heavy atom. The SMILES string of the molecule is CC/C=C\C/C=C\C/C=C\C/C=C\CCCCCCCCCCC(=O)NC(CO)C(O)/C=C/CC/C=C/CCCCCCCC. The molecule has 258 valence electrons. The predicted octanol–water partition coefficient (Wildman–Crippen LogP) is 11.2. The molecular formula is C41H71NO3. The minimum Gasteiger partial charge on any atom is -0.394 e. The smallest absolute Gasteiger partial charge is 0.220 e. The van der Waals surface area contributed by atoms with E-state index in [4.69, 9.17) is 0 Å². The van der Waals surface area contributed by atoms with Crippen LogP contribution in [-0.2, 0) is 4.79 Å². The van der Waals surface area contributed by atoms with Crippen LogP contribution >= 0.6 is 0 Å². The number of allylic oxidation sites excluding steroid dienone is 11. The molecule has 0 heterocycles. The average molecular weight is 626 g/mol. The van der Waals surface area contributed by atoms with E-state index < -0.39 is 12.1 Å². The third kappa shape index (κ3) is 33.0. The van der Waals surface area contributed by atoms with Gasteiger partial charge in [-0.25, -0.2) is 0 Å². The molecule has 45 heavy (non-hydrogen) atoms. The van der Waals surface area contributed by atoms with Crippen LogP contribution in [0.5, 0.6) is 0 Å². The van der Waals surface area contributed by atoms with E-state index in [0.717, 1.165) is 64.2 Å². The molecule has 0 aliphatic carbocycles. The number of nitrogens with one attached hydrogen (secondary N) is 1. The zero-order chi connectivity index (χ0) is 32.9. The summed E-state index contributed by atoms with van der Waals surface area (Å²) in [6, 6.07) is -0.645. The van der Waals surface area contributed by atoms with Crippen LogP contribution in [-0.4, -0.2) is 34.9 Å². The maximum atomic E-state index is 12.3. The molecule has 0 spiro atoms. The molecule has 0 aromatic heterocycles. The lowest BCUT2D eigenvalue weighted by atomic mass is 10.1. The second kappa shape index (κ2) is 36.3. The van der Waals surface area contributed by atoms with Gasteiger partial charge >= 0.3 is 0 Å². The van der Waals surface area contributed by atoms with Crippen LogP contribution in [0.4, 0.5) is 0 Å². The first-order chi connectivity index (χ1) is 22.2. The van der Waals surface area contributed by atoms with Gasteiger partial charge in [-0.05, 0) is 70.6 Å². The van der Waals surface area contributed by atoms with E-state index in [1.54, 1.807) is 6.08 Å². The van der Waals surface area contributed by atoms with Crippen molar-refractivity contribution in [3.8, 4) is 0 Å². The van der Waals surface area contributed by atoms with E-state index in [-0.39, 0.29) is 12.5 Å². The number of aliphatic hydroxyl groups excluding tert-OH is 2. The molecule has 0 rings (SSSR count). The predicted molar refractivity (Wildman–Crippen MR) is 197 cm³/mol. The molecule has 0 bridgehead atoms. The molecule has 0 aliphatic rings. The van der Waals surface area contributed by atoms with Crippen molar-refractivity contribution in [2.75, 3.05) is 6.61 Å². The largest absolute Gasteiger partial charge is 0.394 e. The highest BCUT2D eigenvalue weighted by Crippen LogP contribution is 2.12. The lowest BCUT2D eigenvalue weighted by Crippen LogP contribution is -2.45. The van der Waals surface area contributed by atoms with E-state index in [9.17, 15) is 15.0 Å². The lowest BCUT2D eigenvalue weighted by Gasteiger charge is -2.19. The number of hydrogen-bond donors (Lipinski definition) is 3. The second-order valence-electron chi connectivity index (χ2n) is 12.2. The van der Waals surface area contributed by atoms with E-state index in [0.29, 0.717) is 6.42 Å². The molecule has 2 atom stereocenters. The fraction of sp³-hybridized carbons (Fsp3) is 0.683. The Morgan fingerprint density at radius 3 is 1.56 bits per heavy atom. The summed E-state index contributed by atoms with van der Waals surface area (Å²) in [4.78, 5) is 12.3. The Labute approximate surface area is 278 Å². The van der Waals surface area contributed by atoms with Crippen LogP contribution < -0.4 is 5.32 Å². The lowest BCUT2D eigenvalue weighted by molar-refractivity contribution is -0.123. The van der Waals surface area contributed by atoms with Crippen molar-refractivity contribution in [2.24, 2.45) is 0 Å². The van der Waals surface area contributed by atoms with Gasteiger partial charge in [0, 0.05) is 6.42 Å². The Hall–Kier alpha value is -2.17. The molecule has 0 saturated carbocycles. The third-order valence-electron chi connectivity index (χ3n) is 7.92. The fourth-order valence-corrected chi connectivity index (χ4v) is 5.06. The van der Waals surface area contributed by atoms with Crippen molar-refractivity contribution in [2.45, 2.75) is 174 Å². The standard InChI is InChI=1S/C41H71NO3/c1-3-5-7-9-11-13-15-17-18-19-20-21-22-23-24-25-27-29-31-33-35-37-41(45)42-39(38-43)40(44)36-34-32-30-28-26-16-14-12-10-8-6-4-2/h5,7,11,13,17-18,20-21,26,28,34,36,39-40,43-44H,3-4,6,8-10,12,14-16,19,22-25,27,29-33,35,37-38H2,1-2H3,(H,42,45)/b7-5-,13-11-,18-17-,21-20-,28-26+,36-34+.